The number of carbonyl (C=O) groups is 2. The fourth-order valence-corrected chi connectivity index (χ4v) is 3.74. The molecule has 6 nitrogen and oxygen atoms in total. The van der Waals surface area contributed by atoms with Gasteiger partial charge < -0.3 is 21.3 Å². The van der Waals surface area contributed by atoms with Crippen LogP contribution in [0.1, 0.15) is 57.1 Å². The Balaban J connectivity index is 2.03. The fraction of sp³-hybridized carbons (Fsp3) is 0.652. The van der Waals surface area contributed by atoms with Gasteiger partial charge in [-0.1, -0.05) is 44.5 Å². The quantitative estimate of drug-likeness (QED) is 0.623. The highest BCUT2D eigenvalue weighted by Gasteiger charge is 2.20. The lowest BCUT2D eigenvalue weighted by molar-refractivity contribution is -0.128. The number of benzene rings is 1. The molecule has 0 aromatic heterocycles. The van der Waals surface area contributed by atoms with Gasteiger partial charge in [-0.25, -0.2) is 0 Å². The number of nitrogens with one attached hydrogen (secondary N) is 4. The first-order valence-corrected chi connectivity index (χ1v) is 11.2. The Kier molecular flexibility index (Phi) is 10.7. The summed E-state index contributed by atoms with van der Waals surface area (Å²) < 4.78 is 0. The van der Waals surface area contributed by atoms with Gasteiger partial charge in [-0.2, -0.15) is 0 Å². The van der Waals surface area contributed by atoms with Crippen LogP contribution < -0.4 is 21.3 Å². The third-order valence-corrected chi connectivity index (χ3v) is 5.50. The molecule has 4 N–H and O–H groups in total. The average molecular weight is 403 g/mol. The van der Waals surface area contributed by atoms with Gasteiger partial charge in [0.05, 0.1) is 6.54 Å². The van der Waals surface area contributed by atoms with Crippen LogP contribution in [0.2, 0.25) is 0 Å². The molecule has 0 saturated carbocycles. The van der Waals surface area contributed by atoms with Gasteiger partial charge in [0.15, 0.2) is 0 Å². The van der Waals surface area contributed by atoms with Crippen LogP contribution in [-0.2, 0) is 22.4 Å². The highest BCUT2D eigenvalue weighted by molar-refractivity contribution is 5.88. The number of hydrogen-bond donors (Lipinski definition) is 4. The van der Waals surface area contributed by atoms with Crippen LogP contribution in [0.4, 0.5) is 0 Å². The Hall–Kier alpha value is -1.92. The van der Waals surface area contributed by atoms with Gasteiger partial charge in [0, 0.05) is 19.1 Å². The van der Waals surface area contributed by atoms with Gasteiger partial charge >= 0.3 is 0 Å². The van der Waals surface area contributed by atoms with E-state index in [2.05, 4.69) is 52.5 Å². The topological polar surface area (TPSA) is 82.3 Å². The molecule has 2 amide bonds. The molecule has 1 heterocycles. The molecule has 2 atom stereocenters. The standard InChI is InChI=1S/C23H38N4O2/c1-3-9-21-23(29)25-15-8-13-19-11-6-5-10-18(19)12-7-14-24-16-20(4-2)26-17-22(28)27-21/h5-6,10-11,20-21,24,26H,3-4,7-9,12-17H2,1-2H3,(H,25,29)(H,27,28). The van der Waals surface area contributed by atoms with Gasteiger partial charge in [-0.05, 0) is 56.2 Å². The Labute approximate surface area is 175 Å². The summed E-state index contributed by atoms with van der Waals surface area (Å²) in [6, 6.07) is 8.39. The van der Waals surface area contributed by atoms with Crippen LogP contribution in [0.25, 0.3) is 0 Å². The summed E-state index contributed by atoms with van der Waals surface area (Å²) >= 11 is 0. The summed E-state index contributed by atoms with van der Waals surface area (Å²) in [5.41, 5.74) is 2.78. The lowest BCUT2D eigenvalue weighted by Crippen LogP contribution is -2.50. The second-order valence-electron chi connectivity index (χ2n) is 7.87. The molecule has 1 aromatic carbocycles. The molecule has 0 radical (unpaired) electrons. The summed E-state index contributed by atoms with van der Waals surface area (Å²) in [5, 5.41) is 12.7. The van der Waals surface area contributed by atoms with Crippen molar-refractivity contribution in [1.82, 2.24) is 21.3 Å². The lowest BCUT2D eigenvalue weighted by atomic mass is 9.99. The summed E-state index contributed by atoms with van der Waals surface area (Å²) in [6.07, 6.45) is 6.44. The number of amides is 2. The number of rotatable bonds is 3. The lowest BCUT2D eigenvalue weighted by Gasteiger charge is -2.21. The van der Waals surface area contributed by atoms with E-state index in [4.69, 9.17) is 0 Å². The molecule has 6 heteroatoms. The predicted octanol–water partition coefficient (Wildman–Crippen LogP) is 1.92. The molecule has 2 unspecified atom stereocenters. The van der Waals surface area contributed by atoms with Crippen molar-refractivity contribution >= 4 is 11.8 Å². The van der Waals surface area contributed by atoms with Crippen molar-refractivity contribution in [3.63, 3.8) is 0 Å². The third kappa shape index (κ3) is 8.54. The summed E-state index contributed by atoms with van der Waals surface area (Å²) in [6.45, 7) is 6.81. The number of carbonyl (C=O) groups excluding carboxylic acids is 2. The van der Waals surface area contributed by atoms with E-state index < -0.39 is 6.04 Å². The number of aryl methyl sites for hydroxylation is 2. The van der Waals surface area contributed by atoms with E-state index >= 15 is 0 Å². The van der Waals surface area contributed by atoms with E-state index in [9.17, 15) is 9.59 Å². The van der Waals surface area contributed by atoms with Crippen molar-refractivity contribution in [3.8, 4) is 0 Å². The molecular weight excluding hydrogens is 364 g/mol. The Morgan fingerprint density at radius 2 is 1.69 bits per heavy atom. The largest absolute Gasteiger partial charge is 0.354 e. The molecule has 1 aliphatic heterocycles. The molecule has 29 heavy (non-hydrogen) atoms. The molecule has 2 rings (SSSR count). The average Bonchev–Trinajstić information content (AvgIpc) is 2.73. The maximum absolute atomic E-state index is 12.6. The highest BCUT2D eigenvalue weighted by atomic mass is 16.2. The maximum atomic E-state index is 12.6. The van der Waals surface area contributed by atoms with Crippen LogP contribution >= 0.6 is 0 Å². The molecule has 1 aliphatic rings. The van der Waals surface area contributed by atoms with E-state index in [1.807, 2.05) is 6.92 Å². The van der Waals surface area contributed by atoms with Crippen LogP contribution in [0, 0.1) is 0 Å². The van der Waals surface area contributed by atoms with Gasteiger partial charge in [-0.3, -0.25) is 9.59 Å². The highest BCUT2D eigenvalue weighted by Crippen LogP contribution is 2.13. The smallest absolute Gasteiger partial charge is 0.242 e. The number of hydrogen-bond acceptors (Lipinski definition) is 4. The minimum Gasteiger partial charge on any atom is -0.354 e. The SMILES string of the molecule is CCCC1NC(=O)CNC(CC)CNCCCc2ccccc2CCCNC1=O. The number of fused-ring (bicyclic) bond motifs is 1. The van der Waals surface area contributed by atoms with E-state index in [0.29, 0.717) is 13.0 Å². The van der Waals surface area contributed by atoms with Gasteiger partial charge in [0.25, 0.3) is 0 Å². The molecular formula is C23H38N4O2. The van der Waals surface area contributed by atoms with Crippen molar-refractivity contribution in [3.05, 3.63) is 35.4 Å². The fourth-order valence-electron chi connectivity index (χ4n) is 3.74. The second kappa shape index (κ2) is 13.3. The van der Waals surface area contributed by atoms with Gasteiger partial charge in [0.2, 0.25) is 11.8 Å². The van der Waals surface area contributed by atoms with Gasteiger partial charge in [0.1, 0.15) is 6.04 Å². The van der Waals surface area contributed by atoms with E-state index in [0.717, 1.165) is 51.6 Å². The Morgan fingerprint density at radius 1 is 1.00 bits per heavy atom. The minimum absolute atomic E-state index is 0.0803. The molecule has 0 saturated heterocycles. The van der Waals surface area contributed by atoms with E-state index in [1.54, 1.807) is 0 Å². The maximum Gasteiger partial charge on any atom is 0.242 e. The van der Waals surface area contributed by atoms with E-state index in [1.165, 1.54) is 11.1 Å². The Morgan fingerprint density at radius 3 is 2.34 bits per heavy atom. The van der Waals surface area contributed by atoms with Crippen LogP contribution in [0.5, 0.6) is 0 Å². The summed E-state index contributed by atoms with van der Waals surface area (Å²) in [4.78, 5) is 24.9. The molecule has 0 fully saturated rings. The zero-order valence-electron chi connectivity index (χ0n) is 18.1. The van der Waals surface area contributed by atoms with Crippen LogP contribution in [-0.4, -0.2) is 50.1 Å². The van der Waals surface area contributed by atoms with Crippen molar-refractivity contribution in [1.29, 1.82) is 0 Å². The minimum atomic E-state index is -0.460. The second-order valence-corrected chi connectivity index (χ2v) is 7.87. The van der Waals surface area contributed by atoms with Crippen molar-refractivity contribution < 1.29 is 9.59 Å². The van der Waals surface area contributed by atoms with E-state index in [-0.39, 0.29) is 24.4 Å². The van der Waals surface area contributed by atoms with Crippen molar-refractivity contribution in [2.24, 2.45) is 0 Å². The molecule has 0 aliphatic carbocycles. The third-order valence-electron chi connectivity index (χ3n) is 5.50. The first-order chi connectivity index (χ1) is 14.1. The molecule has 162 valence electrons. The van der Waals surface area contributed by atoms with Crippen molar-refractivity contribution in [2.75, 3.05) is 26.2 Å². The van der Waals surface area contributed by atoms with Crippen LogP contribution in [0.15, 0.2) is 24.3 Å². The zero-order chi connectivity index (χ0) is 20.9. The summed E-state index contributed by atoms with van der Waals surface area (Å²) in [5.74, 6) is -0.199. The molecule has 0 bridgehead atoms. The normalized spacial score (nSPS) is 23.2. The first kappa shape index (κ1) is 23.4. The summed E-state index contributed by atoms with van der Waals surface area (Å²) in [7, 11) is 0. The monoisotopic (exact) mass is 402 g/mol. The van der Waals surface area contributed by atoms with Crippen LogP contribution in [0.3, 0.4) is 0 Å². The Bertz CT molecular complexity index is 635. The molecule has 1 aromatic rings. The van der Waals surface area contributed by atoms with Crippen molar-refractivity contribution in [2.45, 2.75) is 70.9 Å². The first-order valence-electron chi connectivity index (χ1n) is 11.2. The van der Waals surface area contributed by atoms with Gasteiger partial charge in [-0.15, -0.1) is 0 Å². The zero-order valence-corrected chi connectivity index (χ0v) is 18.1. The molecule has 0 spiro atoms. The predicted molar refractivity (Wildman–Crippen MR) is 118 cm³/mol.